The number of benzene rings is 1. The highest BCUT2D eigenvalue weighted by Gasteiger charge is 2.34. The van der Waals surface area contributed by atoms with E-state index in [1.54, 1.807) is 6.20 Å². The molecule has 0 aliphatic carbocycles. The standard InChI is InChI=1S/C20H22N4O/c1-5-18(25)23-20(3,15-10-13(2)19(21)22-12-15)17-11-14-8-6-7-9-16(14)24(17)4/h5-12H,1H2,2-4H3,(H2,21,22)(H,23,25). The molecule has 0 fully saturated rings. The zero-order valence-corrected chi connectivity index (χ0v) is 14.7. The molecular formula is C20H22N4O. The number of hydrogen-bond donors (Lipinski definition) is 2. The molecule has 3 aromatic rings. The lowest BCUT2D eigenvalue weighted by atomic mass is 9.88. The summed E-state index contributed by atoms with van der Waals surface area (Å²) in [6, 6.07) is 12.2. The van der Waals surface area contributed by atoms with E-state index in [9.17, 15) is 4.79 Å². The highest BCUT2D eigenvalue weighted by Crippen LogP contribution is 2.33. The molecule has 5 nitrogen and oxygen atoms in total. The maximum Gasteiger partial charge on any atom is 0.244 e. The number of pyridine rings is 1. The summed E-state index contributed by atoms with van der Waals surface area (Å²) in [7, 11) is 1.99. The van der Waals surface area contributed by atoms with Gasteiger partial charge in [-0.25, -0.2) is 4.98 Å². The molecule has 1 amide bonds. The number of para-hydroxylation sites is 1. The van der Waals surface area contributed by atoms with Crippen molar-refractivity contribution in [3.63, 3.8) is 0 Å². The first-order chi connectivity index (χ1) is 11.9. The Kier molecular flexibility index (Phi) is 4.08. The fraction of sp³-hybridized carbons (Fsp3) is 0.200. The Morgan fingerprint density at radius 3 is 2.72 bits per heavy atom. The van der Waals surface area contributed by atoms with Gasteiger partial charge in [0.1, 0.15) is 11.4 Å². The summed E-state index contributed by atoms with van der Waals surface area (Å²) < 4.78 is 2.09. The zero-order valence-electron chi connectivity index (χ0n) is 14.7. The quantitative estimate of drug-likeness (QED) is 0.720. The summed E-state index contributed by atoms with van der Waals surface area (Å²) in [6.45, 7) is 7.45. The monoisotopic (exact) mass is 334 g/mol. The van der Waals surface area contributed by atoms with Crippen LogP contribution in [0.15, 0.2) is 55.3 Å². The van der Waals surface area contributed by atoms with E-state index in [-0.39, 0.29) is 5.91 Å². The smallest absolute Gasteiger partial charge is 0.244 e. The van der Waals surface area contributed by atoms with Crippen molar-refractivity contribution in [1.82, 2.24) is 14.9 Å². The molecule has 0 radical (unpaired) electrons. The molecule has 1 atom stereocenters. The van der Waals surface area contributed by atoms with E-state index >= 15 is 0 Å². The van der Waals surface area contributed by atoms with Gasteiger partial charge in [-0.05, 0) is 49.1 Å². The molecular weight excluding hydrogens is 312 g/mol. The molecule has 3 rings (SSSR count). The number of carbonyl (C=O) groups excluding carboxylic acids is 1. The van der Waals surface area contributed by atoms with Crippen LogP contribution in [-0.4, -0.2) is 15.5 Å². The SMILES string of the molecule is C=CC(=O)NC(C)(c1cnc(N)c(C)c1)c1cc2ccccc2n1C. The second kappa shape index (κ2) is 6.09. The molecule has 3 N–H and O–H groups in total. The molecule has 1 unspecified atom stereocenters. The zero-order chi connectivity index (χ0) is 18.2. The van der Waals surface area contributed by atoms with E-state index in [0.29, 0.717) is 5.82 Å². The number of fused-ring (bicyclic) bond motifs is 1. The minimum atomic E-state index is -0.773. The predicted molar refractivity (Wildman–Crippen MR) is 101 cm³/mol. The average molecular weight is 334 g/mol. The molecule has 0 saturated heterocycles. The van der Waals surface area contributed by atoms with Gasteiger partial charge in [0.05, 0.1) is 0 Å². The van der Waals surface area contributed by atoms with E-state index in [1.807, 2.05) is 39.1 Å². The van der Waals surface area contributed by atoms with Crippen LogP contribution >= 0.6 is 0 Å². The summed E-state index contributed by atoms with van der Waals surface area (Å²) in [4.78, 5) is 16.4. The van der Waals surface area contributed by atoms with Crippen molar-refractivity contribution in [1.29, 1.82) is 0 Å². The predicted octanol–water partition coefficient (Wildman–Crippen LogP) is 3.03. The molecule has 0 bridgehead atoms. The van der Waals surface area contributed by atoms with E-state index in [0.717, 1.165) is 27.7 Å². The number of nitrogen functional groups attached to an aromatic ring is 1. The number of anilines is 1. The van der Waals surface area contributed by atoms with Gasteiger partial charge in [0, 0.05) is 30.0 Å². The number of carbonyl (C=O) groups is 1. The second-order valence-corrected chi connectivity index (χ2v) is 6.39. The van der Waals surface area contributed by atoms with E-state index in [4.69, 9.17) is 5.73 Å². The number of nitrogens with two attached hydrogens (primary N) is 1. The molecule has 0 saturated carbocycles. The van der Waals surface area contributed by atoms with Crippen molar-refractivity contribution in [3.8, 4) is 0 Å². The van der Waals surface area contributed by atoms with Crippen LogP contribution in [0.1, 0.15) is 23.7 Å². The number of aromatic nitrogens is 2. The van der Waals surface area contributed by atoms with E-state index in [2.05, 4.69) is 39.6 Å². The van der Waals surface area contributed by atoms with Crippen molar-refractivity contribution < 1.29 is 4.79 Å². The van der Waals surface area contributed by atoms with Crippen molar-refractivity contribution in [2.45, 2.75) is 19.4 Å². The largest absolute Gasteiger partial charge is 0.383 e. The summed E-state index contributed by atoms with van der Waals surface area (Å²) in [5, 5.41) is 4.18. The third-order valence-corrected chi connectivity index (χ3v) is 4.72. The van der Waals surface area contributed by atoms with Crippen LogP contribution in [0.25, 0.3) is 10.9 Å². The number of nitrogens with zero attached hydrogens (tertiary/aromatic N) is 2. The minimum absolute atomic E-state index is 0.248. The third kappa shape index (κ3) is 2.78. The highest BCUT2D eigenvalue weighted by atomic mass is 16.1. The first kappa shape index (κ1) is 16.8. The summed E-state index contributed by atoms with van der Waals surface area (Å²) in [6.07, 6.45) is 2.99. The second-order valence-electron chi connectivity index (χ2n) is 6.39. The van der Waals surface area contributed by atoms with Crippen molar-refractivity contribution in [2.75, 3.05) is 5.73 Å². The number of hydrogen-bond acceptors (Lipinski definition) is 3. The maximum atomic E-state index is 12.2. The first-order valence-corrected chi connectivity index (χ1v) is 8.09. The number of amides is 1. The Hall–Kier alpha value is -3.08. The summed E-state index contributed by atoms with van der Waals surface area (Å²) in [5.41, 5.74) is 8.88. The van der Waals surface area contributed by atoms with Gasteiger partial charge in [0.25, 0.3) is 0 Å². The van der Waals surface area contributed by atoms with Crippen LogP contribution in [0, 0.1) is 6.92 Å². The van der Waals surface area contributed by atoms with Gasteiger partial charge in [-0.15, -0.1) is 0 Å². The fourth-order valence-electron chi connectivity index (χ4n) is 3.21. The summed E-state index contributed by atoms with van der Waals surface area (Å²) in [5.74, 6) is 0.237. The van der Waals surface area contributed by atoms with Gasteiger partial charge in [-0.1, -0.05) is 24.8 Å². The Balaban J connectivity index is 2.26. The van der Waals surface area contributed by atoms with E-state index < -0.39 is 5.54 Å². The summed E-state index contributed by atoms with van der Waals surface area (Å²) >= 11 is 0. The molecule has 0 aliphatic rings. The van der Waals surface area contributed by atoms with Crippen LogP contribution in [0.5, 0.6) is 0 Å². The molecule has 0 spiro atoms. The van der Waals surface area contributed by atoms with Gasteiger partial charge in [-0.3, -0.25) is 4.79 Å². The number of rotatable bonds is 4. The minimum Gasteiger partial charge on any atom is -0.383 e. The number of aryl methyl sites for hydroxylation is 2. The van der Waals surface area contributed by atoms with Crippen LogP contribution in [0.2, 0.25) is 0 Å². The van der Waals surface area contributed by atoms with E-state index in [1.165, 1.54) is 6.08 Å². The lowest BCUT2D eigenvalue weighted by molar-refractivity contribution is -0.117. The Bertz CT molecular complexity index is 973. The van der Waals surface area contributed by atoms with Gasteiger partial charge in [0.2, 0.25) is 5.91 Å². The van der Waals surface area contributed by atoms with Gasteiger partial charge in [-0.2, -0.15) is 0 Å². The van der Waals surface area contributed by atoms with Gasteiger partial charge < -0.3 is 15.6 Å². The topological polar surface area (TPSA) is 72.9 Å². The molecule has 5 heteroatoms. The molecule has 0 aliphatic heterocycles. The molecule has 128 valence electrons. The molecule has 2 aromatic heterocycles. The number of nitrogens with one attached hydrogen (secondary N) is 1. The van der Waals surface area contributed by atoms with Gasteiger partial charge >= 0.3 is 0 Å². The normalized spacial score (nSPS) is 13.4. The lowest BCUT2D eigenvalue weighted by Gasteiger charge is -2.32. The molecule has 25 heavy (non-hydrogen) atoms. The molecule has 2 heterocycles. The lowest BCUT2D eigenvalue weighted by Crippen LogP contribution is -2.45. The molecule has 1 aromatic carbocycles. The van der Waals surface area contributed by atoms with Gasteiger partial charge in [0.15, 0.2) is 0 Å². The van der Waals surface area contributed by atoms with Crippen LogP contribution in [-0.2, 0) is 17.4 Å². The van der Waals surface area contributed by atoms with Crippen LogP contribution < -0.4 is 11.1 Å². The maximum absolute atomic E-state index is 12.2. The van der Waals surface area contributed by atoms with Crippen molar-refractivity contribution in [2.24, 2.45) is 7.05 Å². The van der Waals surface area contributed by atoms with Crippen molar-refractivity contribution >= 4 is 22.6 Å². The Morgan fingerprint density at radius 2 is 2.08 bits per heavy atom. The highest BCUT2D eigenvalue weighted by molar-refractivity contribution is 5.88. The first-order valence-electron chi connectivity index (χ1n) is 8.09. The Morgan fingerprint density at radius 1 is 1.36 bits per heavy atom. The van der Waals surface area contributed by atoms with Crippen molar-refractivity contribution in [3.05, 3.63) is 72.1 Å². The van der Waals surface area contributed by atoms with Crippen LogP contribution in [0.4, 0.5) is 5.82 Å². The van der Waals surface area contributed by atoms with Crippen LogP contribution in [0.3, 0.4) is 0 Å². The fourth-order valence-corrected chi connectivity index (χ4v) is 3.21. The third-order valence-electron chi connectivity index (χ3n) is 4.72. The average Bonchev–Trinajstić information content (AvgIpc) is 2.95. The Labute approximate surface area is 147 Å².